The van der Waals surface area contributed by atoms with Gasteiger partial charge in [-0.1, -0.05) is 24.3 Å². The summed E-state index contributed by atoms with van der Waals surface area (Å²) in [6, 6.07) is 7.33. The molecule has 0 atom stereocenters. The molecule has 26 heavy (non-hydrogen) atoms. The largest absolute Gasteiger partial charge is 0.346 e. The molecule has 1 aromatic heterocycles. The van der Waals surface area contributed by atoms with Gasteiger partial charge in [0, 0.05) is 36.7 Å². The lowest BCUT2D eigenvalue weighted by molar-refractivity contribution is -0.132. The molecule has 0 bridgehead atoms. The first-order valence-corrected chi connectivity index (χ1v) is 8.91. The molecule has 1 N–H and O–H groups in total. The van der Waals surface area contributed by atoms with Crippen LogP contribution in [0.4, 0.5) is 0 Å². The molecule has 0 spiro atoms. The van der Waals surface area contributed by atoms with Crippen molar-refractivity contribution in [2.24, 2.45) is 0 Å². The SMILES string of the molecule is C=CCNC(=O)C(=O)c1cn(CC(=O)N2CCCCC2)c2ccccc12. The van der Waals surface area contributed by atoms with Crippen molar-refractivity contribution in [3.05, 3.63) is 48.7 Å². The van der Waals surface area contributed by atoms with E-state index in [1.54, 1.807) is 16.8 Å². The summed E-state index contributed by atoms with van der Waals surface area (Å²) >= 11 is 0. The molecule has 0 aliphatic carbocycles. The average molecular weight is 353 g/mol. The molecule has 1 aliphatic heterocycles. The summed E-state index contributed by atoms with van der Waals surface area (Å²) in [5.74, 6) is -1.23. The number of para-hydroxylation sites is 1. The molecule has 6 nitrogen and oxygen atoms in total. The highest BCUT2D eigenvalue weighted by atomic mass is 16.2. The molecule has 0 radical (unpaired) electrons. The Kier molecular flexibility index (Phi) is 5.51. The van der Waals surface area contributed by atoms with Gasteiger partial charge in [-0.25, -0.2) is 0 Å². The Bertz CT molecular complexity index is 847. The quantitative estimate of drug-likeness (QED) is 0.491. The Labute approximate surface area is 152 Å². The van der Waals surface area contributed by atoms with Gasteiger partial charge in [0.2, 0.25) is 5.91 Å². The molecule has 1 saturated heterocycles. The van der Waals surface area contributed by atoms with E-state index in [0.717, 1.165) is 37.9 Å². The third-order valence-electron chi connectivity index (χ3n) is 4.66. The number of benzene rings is 1. The zero-order valence-electron chi connectivity index (χ0n) is 14.7. The summed E-state index contributed by atoms with van der Waals surface area (Å²) in [5, 5.41) is 3.18. The molecule has 2 amide bonds. The van der Waals surface area contributed by atoms with Gasteiger partial charge in [0.05, 0.1) is 5.56 Å². The van der Waals surface area contributed by atoms with Crippen molar-refractivity contribution >= 4 is 28.5 Å². The average Bonchev–Trinajstić information content (AvgIpc) is 3.04. The van der Waals surface area contributed by atoms with Crippen LogP contribution < -0.4 is 5.32 Å². The highest BCUT2D eigenvalue weighted by molar-refractivity contribution is 6.45. The van der Waals surface area contributed by atoms with Gasteiger partial charge >= 0.3 is 0 Å². The molecule has 3 rings (SSSR count). The predicted octanol–water partition coefficient (Wildman–Crippen LogP) is 2.14. The van der Waals surface area contributed by atoms with Crippen molar-refractivity contribution in [3.63, 3.8) is 0 Å². The van der Waals surface area contributed by atoms with E-state index in [1.165, 1.54) is 6.08 Å². The zero-order valence-corrected chi connectivity index (χ0v) is 14.7. The predicted molar refractivity (Wildman–Crippen MR) is 99.9 cm³/mol. The number of Topliss-reactive ketones (excluding diaryl/α,β-unsaturated/α-hetero) is 1. The number of likely N-dealkylation sites (tertiary alicyclic amines) is 1. The second-order valence-electron chi connectivity index (χ2n) is 6.46. The number of rotatable bonds is 6. The number of hydrogen-bond donors (Lipinski definition) is 1. The highest BCUT2D eigenvalue weighted by Crippen LogP contribution is 2.22. The van der Waals surface area contributed by atoms with Gasteiger partial charge < -0.3 is 14.8 Å². The number of carbonyl (C=O) groups is 3. The number of amides is 2. The van der Waals surface area contributed by atoms with Crippen LogP contribution in [0, 0.1) is 0 Å². The first-order valence-electron chi connectivity index (χ1n) is 8.91. The maximum Gasteiger partial charge on any atom is 0.292 e. The first-order chi connectivity index (χ1) is 12.6. The number of aromatic nitrogens is 1. The lowest BCUT2D eigenvalue weighted by Crippen LogP contribution is -2.37. The molecule has 0 saturated carbocycles. The monoisotopic (exact) mass is 353 g/mol. The summed E-state index contributed by atoms with van der Waals surface area (Å²) < 4.78 is 1.76. The van der Waals surface area contributed by atoms with E-state index in [1.807, 2.05) is 23.1 Å². The Hall–Kier alpha value is -2.89. The minimum atomic E-state index is -0.671. The maximum absolute atomic E-state index is 12.6. The summed E-state index contributed by atoms with van der Waals surface area (Å²) in [5.41, 5.74) is 1.09. The van der Waals surface area contributed by atoms with E-state index in [4.69, 9.17) is 0 Å². The van der Waals surface area contributed by atoms with Crippen LogP contribution in [-0.4, -0.2) is 46.7 Å². The molecule has 1 aromatic carbocycles. The van der Waals surface area contributed by atoms with Crippen molar-refractivity contribution in [1.29, 1.82) is 0 Å². The smallest absolute Gasteiger partial charge is 0.292 e. The van der Waals surface area contributed by atoms with Crippen molar-refractivity contribution in [1.82, 2.24) is 14.8 Å². The number of carbonyl (C=O) groups excluding carboxylic acids is 3. The van der Waals surface area contributed by atoms with Crippen molar-refractivity contribution in [2.75, 3.05) is 19.6 Å². The van der Waals surface area contributed by atoms with E-state index in [9.17, 15) is 14.4 Å². The lowest BCUT2D eigenvalue weighted by Gasteiger charge is -2.27. The third kappa shape index (κ3) is 3.69. The normalized spacial score (nSPS) is 14.2. The van der Waals surface area contributed by atoms with Gasteiger partial charge in [0.1, 0.15) is 6.54 Å². The number of piperidine rings is 1. The van der Waals surface area contributed by atoms with E-state index in [0.29, 0.717) is 10.9 Å². The van der Waals surface area contributed by atoms with E-state index in [2.05, 4.69) is 11.9 Å². The van der Waals surface area contributed by atoms with Crippen LogP contribution in [0.15, 0.2) is 43.1 Å². The van der Waals surface area contributed by atoms with Crippen LogP contribution in [0.2, 0.25) is 0 Å². The fourth-order valence-electron chi connectivity index (χ4n) is 3.32. The van der Waals surface area contributed by atoms with Crippen LogP contribution in [0.1, 0.15) is 29.6 Å². The number of nitrogens with one attached hydrogen (secondary N) is 1. The van der Waals surface area contributed by atoms with Gasteiger partial charge in [-0.05, 0) is 25.3 Å². The van der Waals surface area contributed by atoms with Crippen molar-refractivity contribution in [2.45, 2.75) is 25.8 Å². The topological polar surface area (TPSA) is 71.4 Å². The molecule has 1 fully saturated rings. The molecule has 136 valence electrons. The molecule has 2 aromatic rings. The lowest BCUT2D eigenvalue weighted by atomic mass is 10.1. The molecular weight excluding hydrogens is 330 g/mol. The van der Waals surface area contributed by atoms with Gasteiger partial charge in [-0.15, -0.1) is 6.58 Å². The van der Waals surface area contributed by atoms with Gasteiger partial charge in [0.15, 0.2) is 0 Å². The summed E-state index contributed by atoms with van der Waals surface area (Å²) in [6.07, 6.45) is 6.36. The maximum atomic E-state index is 12.6. The first kappa shape index (κ1) is 17.9. The number of fused-ring (bicyclic) bond motifs is 1. The second kappa shape index (κ2) is 7.99. The Morgan fingerprint density at radius 2 is 1.85 bits per heavy atom. The fraction of sp³-hybridized carbons (Fsp3) is 0.350. The van der Waals surface area contributed by atoms with Crippen LogP contribution in [0.5, 0.6) is 0 Å². The van der Waals surface area contributed by atoms with Gasteiger partial charge in [-0.2, -0.15) is 0 Å². The number of ketones is 1. The minimum Gasteiger partial charge on any atom is -0.346 e. The second-order valence-corrected chi connectivity index (χ2v) is 6.46. The number of nitrogens with zero attached hydrogens (tertiary/aromatic N) is 2. The van der Waals surface area contributed by atoms with Gasteiger partial charge in [0.25, 0.3) is 11.7 Å². The van der Waals surface area contributed by atoms with Crippen LogP contribution in [0.25, 0.3) is 10.9 Å². The number of hydrogen-bond acceptors (Lipinski definition) is 3. The van der Waals surface area contributed by atoms with Crippen molar-refractivity contribution < 1.29 is 14.4 Å². The summed E-state index contributed by atoms with van der Waals surface area (Å²) in [7, 11) is 0. The Balaban J connectivity index is 1.87. The van der Waals surface area contributed by atoms with E-state index >= 15 is 0 Å². The standard InChI is InChI=1S/C20H23N3O3/c1-2-10-21-20(26)19(25)16-13-23(17-9-5-4-8-15(16)17)14-18(24)22-11-6-3-7-12-22/h2,4-5,8-9,13H,1,3,6-7,10-12,14H2,(H,21,26). The molecule has 6 heteroatoms. The van der Waals surface area contributed by atoms with Crippen LogP contribution in [0.3, 0.4) is 0 Å². The van der Waals surface area contributed by atoms with E-state index < -0.39 is 11.7 Å². The molecule has 1 aliphatic rings. The Morgan fingerprint density at radius 1 is 1.12 bits per heavy atom. The Morgan fingerprint density at radius 3 is 2.58 bits per heavy atom. The molecule has 0 unspecified atom stereocenters. The van der Waals surface area contributed by atoms with Crippen LogP contribution in [-0.2, 0) is 16.1 Å². The van der Waals surface area contributed by atoms with Crippen LogP contribution >= 0.6 is 0 Å². The summed E-state index contributed by atoms with van der Waals surface area (Å²) in [6.45, 7) is 5.50. The zero-order chi connectivity index (χ0) is 18.5. The fourth-order valence-corrected chi connectivity index (χ4v) is 3.32. The minimum absolute atomic E-state index is 0.0422. The highest BCUT2D eigenvalue weighted by Gasteiger charge is 2.23. The van der Waals surface area contributed by atoms with Crippen molar-refractivity contribution in [3.8, 4) is 0 Å². The molecule has 2 heterocycles. The third-order valence-corrected chi connectivity index (χ3v) is 4.66. The summed E-state index contributed by atoms with van der Waals surface area (Å²) in [4.78, 5) is 39.0. The molecular formula is C20H23N3O3. The van der Waals surface area contributed by atoms with E-state index in [-0.39, 0.29) is 19.0 Å². The van der Waals surface area contributed by atoms with Gasteiger partial charge in [-0.3, -0.25) is 14.4 Å².